The molecular formula is C14H16FN3O2. The van der Waals surface area contributed by atoms with Gasteiger partial charge < -0.3 is 15.0 Å². The molecule has 1 heterocycles. The summed E-state index contributed by atoms with van der Waals surface area (Å²) in [4.78, 5) is 13.1. The zero-order chi connectivity index (χ0) is 14.5. The van der Waals surface area contributed by atoms with E-state index in [9.17, 15) is 9.18 Å². The average Bonchev–Trinajstić information content (AvgIpc) is 2.47. The number of hydrogen-bond donors (Lipinski definition) is 1. The van der Waals surface area contributed by atoms with Gasteiger partial charge in [-0.25, -0.2) is 9.18 Å². The lowest BCUT2D eigenvalue weighted by molar-refractivity contribution is 0.113. The Kier molecular flexibility index (Phi) is 4.41. The monoisotopic (exact) mass is 277 g/mol. The molecule has 1 aliphatic rings. The van der Waals surface area contributed by atoms with Crippen LogP contribution in [0.4, 0.5) is 14.9 Å². The van der Waals surface area contributed by atoms with E-state index >= 15 is 0 Å². The van der Waals surface area contributed by atoms with Crippen molar-refractivity contribution in [1.29, 1.82) is 5.26 Å². The molecule has 1 amide bonds. The number of methoxy groups -OCH3 is 1. The lowest BCUT2D eigenvalue weighted by Gasteiger charge is -2.32. The van der Waals surface area contributed by atoms with Crippen LogP contribution in [0.5, 0.6) is 0 Å². The van der Waals surface area contributed by atoms with Crippen molar-refractivity contribution in [1.82, 2.24) is 4.90 Å². The van der Waals surface area contributed by atoms with Gasteiger partial charge in [0.25, 0.3) is 0 Å². The number of ether oxygens (including phenoxy) is 1. The summed E-state index contributed by atoms with van der Waals surface area (Å²) in [6, 6.07) is 6.31. The Balaban J connectivity index is 2.09. The Bertz CT molecular complexity index is 542. The first kappa shape index (κ1) is 14.1. The van der Waals surface area contributed by atoms with Crippen LogP contribution in [0.15, 0.2) is 18.2 Å². The molecule has 1 fully saturated rings. The van der Waals surface area contributed by atoms with E-state index in [4.69, 9.17) is 10.00 Å². The van der Waals surface area contributed by atoms with Crippen molar-refractivity contribution in [2.45, 2.75) is 18.9 Å². The fourth-order valence-electron chi connectivity index (χ4n) is 2.37. The number of nitrogens with one attached hydrogen (secondary N) is 1. The number of benzene rings is 1. The topological polar surface area (TPSA) is 65.4 Å². The number of amides is 1. The quantitative estimate of drug-likeness (QED) is 0.901. The van der Waals surface area contributed by atoms with Gasteiger partial charge in [-0.05, 0) is 25.0 Å². The second-order valence-corrected chi connectivity index (χ2v) is 4.67. The Hall–Kier alpha value is -2.29. The van der Waals surface area contributed by atoms with Gasteiger partial charge >= 0.3 is 6.09 Å². The maximum atomic E-state index is 13.5. The number of nitrogens with zero attached hydrogens (tertiary/aromatic N) is 2. The van der Waals surface area contributed by atoms with Crippen molar-refractivity contribution < 1.29 is 13.9 Å². The van der Waals surface area contributed by atoms with Crippen molar-refractivity contribution in [3.63, 3.8) is 0 Å². The molecule has 1 aliphatic heterocycles. The van der Waals surface area contributed by atoms with Gasteiger partial charge in [0, 0.05) is 19.1 Å². The van der Waals surface area contributed by atoms with Crippen molar-refractivity contribution in [2.75, 3.05) is 25.5 Å². The lowest BCUT2D eigenvalue weighted by Crippen LogP contribution is -2.45. The van der Waals surface area contributed by atoms with Crippen molar-refractivity contribution in [3.8, 4) is 6.07 Å². The first-order valence-corrected chi connectivity index (χ1v) is 6.43. The zero-order valence-electron chi connectivity index (χ0n) is 11.2. The molecule has 20 heavy (non-hydrogen) atoms. The number of anilines is 1. The molecule has 1 aromatic rings. The van der Waals surface area contributed by atoms with Crippen molar-refractivity contribution in [2.24, 2.45) is 0 Å². The SMILES string of the molecule is COC(=O)N1CCCC(Nc2cccc(F)c2C#N)C1. The number of likely N-dealkylation sites (tertiary alicyclic amines) is 1. The minimum atomic E-state index is -0.543. The van der Waals surface area contributed by atoms with E-state index in [-0.39, 0.29) is 17.7 Å². The Morgan fingerprint density at radius 3 is 3.10 bits per heavy atom. The highest BCUT2D eigenvalue weighted by atomic mass is 19.1. The Morgan fingerprint density at radius 1 is 1.60 bits per heavy atom. The van der Waals surface area contributed by atoms with Crippen LogP contribution in [0.3, 0.4) is 0 Å². The molecule has 6 heteroatoms. The van der Waals surface area contributed by atoms with E-state index < -0.39 is 5.82 Å². The molecule has 1 N–H and O–H groups in total. The largest absolute Gasteiger partial charge is 0.453 e. The summed E-state index contributed by atoms with van der Waals surface area (Å²) in [6.07, 6.45) is 1.33. The van der Waals surface area contributed by atoms with Gasteiger partial charge in [0.15, 0.2) is 0 Å². The van der Waals surface area contributed by atoms with E-state index in [1.807, 2.05) is 6.07 Å². The molecule has 1 saturated heterocycles. The highest BCUT2D eigenvalue weighted by Crippen LogP contribution is 2.21. The molecule has 1 unspecified atom stereocenters. The Labute approximate surface area is 116 Å². The highest BCUT2D eigenvalue weighted by Gasteiger charge is 2.24. The van der Waals surface area contributed by atoms with Gasteiger partial charge in [0.2, 0.25) is 0 Å². The summed E-state index contributed by atoms with van der Waals surface area (Å²) < 4.78 is 18.2. The maximum Gasteiger partial charge on any atom is 0.409 e. The van der Waals surface area contributed by atoms with Crippen molar-refractivity contribution in [3.05, 3.63) is 29.6 Å². The van der Waals surface area contributed by atoms with Gasteiger partial charge in [0.1, 0.15) is 17.4 Å². The minimum absolute atomic E-state index is 0.00249. The maximum absolute atomic E-state index is 13.5. The van der Waals surface area contributed by atoms with Crippen LogP contribution in [0.2, 0.25) is 0 Å². The van der Waals surface area contributed by atoms with E-state index in [2.05, 4.69) is 5.32 Å². The van der Waals surface area contributed by atoms with Crippen LogP contribution >= 0.6 is 0 Å². The summed E-state index contributed by atoms with van der Waals surface area (Å²) in [5.74, 6) is -0.543. The first-order chi connectivity index (χ1) is 9.65. The second kappa shape index (κ2) is 6.24. The third-order valence-corrected chi connectivity index (χ3v) is 3.34. The zero-order valence-corrected chi connectivity index (χ0v) is 11.2. The molecular weight excluding hydrogens is 261 g/mol. The molecule has 0 aromatic heterocycles. The number of rotatable bonds is 2. The molecule has 0 radical (unpaired) electrons. The molecule has 1 atom stereocenters. The molecule has 0 bridgehead atoms. The van der Waals surface area contributed by atoms with Crippen LogP contribution in [-0.2, 0) is 4.74 Å². The number of nitriles is 1. The second-order valence-electron chi connectivity index (χ2n) is 4.67. The fourth-order valence-corrected chi connectivity index (χ4v) is 2.37. The van der Waals surface area contributed by atoms with Crippen LogP contribution in [0.25, 0.3) is 0 Å². The third kappa shape index (κ3) is 2.99. The third-order valence-electron chi connectivity index (χ3n) is 3.34. The van der Waals surface area contributed by atoms with Gasteiger partial charge in [-0.3, -0.25) is 0 Å². The van der Waals surface area contributed by atoms with Crippen LogP contribution in [0.1, 0.15) is 18.4 Å². The molecule has 2 rings (SSSR count). The van der Waals surface area contributed by atoms with Crippen molar-refractivity contribution >= 4 is 11.8 Å². The van der Waals surface area contributed by atoms with E-state index in [1.165, 1.54) is 13.2 Å². The summed E-state index contributed by atoms with van der Waals surface area (Å²) in [5, 5.41) is 12.1. The molecule has 106 valence electrons. The summed E-state index contributed by atoms with van der Waals surface area (Å²) in [7, 11) is 1.35. The molecule has 0 spiro atoms. The summed E-state index contributed by atoms with van der Waals surface area (Å²) in [6.45, 7) is 1.13. The molecule has 1 aromatic carbocycles. The molecule has 0 saturated carbocycles. The minimum Gasteiger partial charge on any atom is -0.453 e. The fraction of sp³-hybridized carbons (Fsp3) is 0.429. The normalized spacial score (nSPS) is 18.2. The number of carbonyl (C=O) groups is 1. The first-order valence-electron chi connectivity index (χ1n) is 6.43. The van der Waals surface area contributed by atoms with Crippen LogP contribution < -0.4 is 5.32 Å². The van der Waals surface area contributed by atoms with Crippen LogP contribution in [-0.4, -0.2) is 37.2 Å². The lowest BCUT2D eigenvalue weighted by atomic mass is 10.0. The van der Waals surface area contributed by atoms with Gasteiger partial charge in [-0.1, -0.05) is 6.07 Å². The predicted molar refractivity (Wildman–Crippen MR) is 71.7 cm³/mol. The molecule has 5 nitrogen and oxygen atoms in total. The van der Waals surface area contributed by atoms with E-state index in [1.54, 1.807) is 17.0 Å². The molecule has 0 aliphatic carbocycles. The van der Waals surface area contributed by atoms with E-state index in [0.29, 0.717) is 18.8 Å². The van der Waals surface area contributed by atoms with E-state index in [0.717, 1.165) is 12.8 Å². The summed E-state index contributed by atoms with van der Waals surface area (Å²) in [5.41, 5.74) is 0.465. The number of halogens is 1. The smallest absolute Gasteiger partial charge is 0.409 e. The van der Waals surface area contributed by atoms with Gasteiger partial charge in [-0.15, -0.1) is 0 Å². The average molecular weight is 277 g/mol. The predicted octanol–water partition coefficient (Wildman–Crippen LogP) is 2.34. The summed E-state index contributed by atoms with van der Waals surface area (Å²) >= 11 is 0. The van der Waals surface area contributed by atoms with Gasteiger partial charge in [0.05, 0.1) is 12.8 Å². The number of hydrogen-bond acceptors (Lipinski definition) is 4. The highest BCUT2D eigenvalue weighted by molar-refractivity contribution is 5.67. The number of piperidine rings is 1. The standard InChI is InChI=1S/C14H16FN3O2/c1-20-14(19)18-7-3-4-10(9-18)17-13-6-2-5-12(15)11(13)8-16/h2,5-6,10,17H,3-4,7,9H2,1H3. The number of carbonyl (C=O) groups excluding carboxylic acids is 1. The van der Waals surface area contributed by atoms with Gasteiger partial charge in [-0.2, -0.15) is 5.26 Å². The van der Waals surface area contributed by atoms with Crippen LogP contribution in [0, 0.1) is 17.1 Å². The Morgan fingerprint density at radius 2 is 2.40 bits per heavy atom.